The molecule has 3 rings (SSSR count). The average Bonchev–Trinajstić information content (AvgIpc) is 2.83. The first-order valence-corrected chi connectivity index (χ1v) is 7.04. The molecule has 0 unspecified atom stereocenters. The molecule has 0 N–H and O–H groups in total. The van der Waals surface area contributed by atoms with Crippen LogP contribution in [0, 0.1) is 11.8 Å². The Morgan fingerprint density at radius 2 is 2.26 bits per heavy atom. The van der Waals surface area contributed by atoms with Crippen LogP contribution in [0.3, 0.4) is 0 Å². The van der Waals surface area contributed by atoms with Gasteiger partial charge in [-0.05, 0) is 43.2 Å². The molecular weight excluding hydrogens is 236 g/mol. The molecular formula is C16H20N2O. The fourth-order valence-corrected chi connectivity index (χ4v) is 3.28. The second kappa shape index (κ2) is 5.16. The van der Waals surface area contributed by atoms with Crippen LogP contribution < -0.4 is 0 Å². The van der Waals surface area contributed by atoms with Crippen molar-refractivity contribution < 1.29 is 4.79 Å². The zero-order valence-electron chi connectivity index (χ0n) is 11.4. The maximum Gasteiger partial charge on any atom is 0.227 e. The monoisotopic (exact) mass is 256 g/mol. The van der Waals surface area contributed by atoms with Crippen molar-refractivity contribution in [3.8, 4) is 0 Å². The van der Waals surface area contributed by atoms with Gasteiger partial charge in [-0.2, -0.15) is 0 Å². The fraction of sp³-hybridized carbons (Fsp3) is 0.500. The third-order valence-electron chi connectivity index (χ3n) is 4.36. The largest absolute Gasteiger partial charge is 0.342 e. The quantitative estimate of drug-likeness (QED) is 0.761. The molecule has 100 valence electrons. The molecule has 0 aromatic carbocycles. The van der Waals surface area contributed by atoms with Gasteiger partial charge in [-0.15, -0.1) is 0 Å². The summed E-state index contributed by atoms with van der Waals surface area (Å²) in [5.41, 5.74) is 2.50. The molecule has 2 aliphatic rings. The first-order valence-electron chi connectivity index (χ1n) is 7.04. The summed E-state index contributed by atoms with van der Waals surface area (Å²) in [6, 6.07) is 3.86. The van der Waals surface area contributed by atoms with Gasteiger partial charge in [0.1, 0.15) is 0 Å². The highest BCUT2D eigenvalue weighted by molar-refractivity contribution is 5.79. The van der Waals surface area contributed by atoms with Crippen molar-refractivity contribution in [2.75, 3.05) is 13.1 Å². The normalized spacial score (nSPS) is 25.9. The van der Waals surface area contributed by atoms with Crippen LogP contribution >= 0.6 is 0 Å². The number of hydrogen-bond donors (Lipinski definition) is 0. The summed E-state index contributed by atoms with van der Waals surface area (Å²) in [6.07, 6.45) is 8.67. The van der Waals surface area contributed by atoms with E-state index in [9.17, 15) is 4.79 Å². The number of pyridine rings is 1. The lowest BCUT2D eigenvalue weighted by molar-refractivity contribution is -0.129. The second-order valence-corrected chi connectivity index (χ2v) is 5.85. The minimum absolute atomic E-state index is 0.250. The highest BCUT2D eigenvalue weighted by Gasteiger charge is 2.35. The van der Waals surface area contributed by atoms with Crippen LogP contribution in [0.2, 0.25) is 0 Å². The Balaban J connectivity index is 1.61. The Morgan fingerprint density at radius 1 is 1.42 bits per heavy atom. The van der Waals surface area contributed by atoms with Crippen molar-refractivity contribution in [1.82, 2.24) is 9.88 Å². The molecule has 1 amide bonds. The first-order chi connectivity index (χ1) is 9.22. The van der Waals surface area contributed by atoms with Gasteiger partial charge in [0.2, 0.25) is 5.91 Å². The number of fused-ring (bicyclic) bond motifs is 1. The van der Waals surface area contributed by atoms with Gasteiger partial charge < -0.3 is 4.90 Å². The molecule has 0 radical (unpaired) electrons. The average molecular weight is 256 g/mol. The van der Waals surface area contributed by atoms with Crippen LogP contribution in [0.5, 0.6) is 0 Å². The molecule has 1 aromatic heterocycles. The van der Waals surface area contributed by atoms with Gasteiger partial charge >= 0.3 is 0 Å². The van der Waals surface area contributed by atoms with Crippen molar-refractivity contribution >= 4 is 5.91 Å². The summed E-state index contributed by atoms with van der Waals surface area (Å²) < 4.78 is 0. The first kappa shape index (κ1) is 12.4. The van der Waals surface area contributed by atoms with Crippen molar-refractivity contribution in [2.45, 2.75) is 26.2 Å². The third kappa shape index (κ3) is 2.70. The van der Waals surface area contributed by atoms with Crippen LogP contribution in [0.25, 0.3) is 0 Å². The predicted molar refractivity (Wildman–Crippen MR) is 74.5 cm³/mol. The number of rotatable bonds is 2. The van der Waals surface area contributed by atoms with Gasteiger partial charge in [-0.3, -0.25) is 9.78 Å². The summed E-state index contributed by atoms with van der Waals surface area (Å²) in [5, 5.41) is 0. The topological polar surface area (TPSA) is 33.2 Å². The molecule has 1 saturated heterocycles. The molecule has 1 aliphatic heterocycles. The summed E-state index contributed by atoms with van der Waals surface area (Å²) >= 11 is 0. The van der Waals surface area contributed by atoms with Gasteiger partial charge in [-0.1, -0.05) is 17.7 Å². The Kier molecular flexibility index (Phi) is 3.36. The van der Waals surface area contributed by atoms with Gasteiger partial charge in [0, 0.05) is 25.5 Å². The number of hydrogen-bond acceptors (Lipinski definition) is 2. The second-order valence-electron chi connectivity index (χ2n) is 5.85. The number of aromatic nitrogens is 1. The lowest BCUT2D eigenvalue weighted by Crippen LogP contribution is -2.30. The molecule has 2 heterocycles. The van der Waals surface area contributed by atoms with Crippen LogP contribution in [-0.2, 0) is 11.2 Å². The Bertz CT molecular complexity index is 495. The van der Waals surface area contributed by atoms with E-state index in [1.807, 2.05) is 12.1 Å². The minimum atomic E-state index is 0.250. The molecule has 3 nitrogen and oxygen atoms in total. The lowest BCUT2D eigenvalue weighted by Gasteiger charge is -2.21. The summed E-state index contributed by atoms with van der Waals surface area (Å²) in [5.74, 6) is 1.62. The number of amides is 1. The maximum absolute atomic E-state index is 12.3. The van der Waals surface area contributed by atoms with Crippen molar-refractivity contribution in [3.05, 3.63) is 41.7 Å². The van der Waals surface area contributed by atoms with E-state index >= 15 is 0 Å². The minimum Gasteiger partial charge on any atom is -0.342 e. The van der Waals surface area contributed by atoms with Crippen molar-refractivity contribution in [3.63, 3.8) is 0 Å². The number of nitrogens with zero attached hydrogens (tertiary/aromatic N) is 2. The van der Waals surface area contributed by atoms with Crippen LogP contribution in [-0.4, -0.2) is 28.9 Å². The Hall–Kier alpha value is -1.64. The molecule has 0 saturated carbocycles. The highest BCUT2D eigenvalue weighted by Crippen LogP contribution is 2.35. The molecule has 0 spiro atoms. The van der Waals surface area contributed by atoms with Crippen molar-refractivity contribution in [2.24, 2.45) is 11.8 Å². The smallest absolute Gasteiger partial charge is 0.227 e. The summed E-state index contributed by atoms with van der Waals surface area (Å²) in [6.45, 7) is 4.08. The van der Waals surface area contributed by atoms with Crippen LogP contribution in [0.15, 0.2) is 36.2 Å². The van der Waals surface area contributed by atoms with Gasteiger partial charge in [0.15, 0.2) is 0 Å². The van der Waals surface area contributed by atoms with E-state index in [0.717, 1.165) is 25.1 Å². The predicted octanol–water partition coefficient (Wildman–Crippen LogP) is 2.44. The zero-order valence-corrected chi connectivity index (χ0v) is 11.4. The SMILES string of the molecule is CC1=CC[C@H]2CN(C(=O)Cc3cccnc3)C[C@H]2C1. The standard InChI is InChI=1S/C16H20N2O/c1-12-4-5-14-10-18(11-15(14)7-12)16(19)8-13-3-2-6-17-9-13/h2-4,6,9,14-15H,5,7-8,10-11H2,1H3/t14-,15+/m0/s1. The van der Waals surface area contributed by atoms with Crippen LogP contribution in [0.1, 0.15) is 25.3 Å². The number of carbonyl (C=O) groups is 1. The number of likely N-dealkylation sites (tertiary alicyclic amines) is 1. The van der Waals surface area contributed by atoms with Crippen LogP contribution in [0.4, 0.5) is 0 Å². The molecule has 0 bridgehead atoms. The molecule has 2 atom stereocenters. The van der Waals surface area contributed by atoms with Gasteiger partial charge in [0.05, 0.1) is 6.42 Å². The summed E-state index contributed by atoms with van der Waals surface area (Å²) in [4.78, 5) is 18.4. The molecule has 1 aliphatic carbocycles. The molecule has 19 heavy (non-hydrogen) atoms. The van der Waals surface area contributed by atoms with E-state index in [2.05, 4.69) is 22.9 Å². The fourth-order valence-electron chi connectivity index (χ4n) is 3.28. The van der Waals surface area contributed by atoms with E-state index in [1.165, 1.54) is 12.0 Å². The zero-order chi connectivity index (χ0) is 13.2. The lowest BCUT2D eigenvalue weighted by atomic mass is 9.83. The van der Waals surface area contributed by atoms with E-state index in [0.29, 0.717) is 18.3 Å². The van der Waals surface area contributed by atoms with E-state index < -0.39 is 0 Å². The molecule has 3 heteroatoms. The van der Waals surface area contributed by atoms with E-state index in [1.54, 1.807) is 12.4 Å². The maximum atomic E-state index is 12.3. The Labute approximate surface area is 114 Å². The van der Waals surface area contributed by atoms with Gasteiger partial charge in [-0.25, -0.2) is 0 Å². The van der Waals surface area contributed by atoms with E-state index in [4.69, 9.17) is 0 Å². The Morgan fingerprint density at radius 3 is 3.05 bits per heavy atom. The number of allylic oxidation sites excluding steroid dienone is 2. The molecule has 1 aromatic rings. The highest BCUT2D eigenvalue weighted by atomic mass is 16.2. The van der Waals surface area contributed by atoms with Crippen molar-refractivity contribution in [1.29, 1.82) is 0 Å². The van der Waals surface area contributed by atoms with E-state index in [-0.39, 0.29) is 5.91 Å². The summed E-state index contributed by atoms with van der Waals surface area (Å²) in [7, 11) is 0. The number of carbonyl (C=O) groups excluding carboxylic acids is 1. The van der Waals surface area contributed by atoms with Gasteiger partial charge in [0.25, 0.3) is 0 Å². The third-order valence-corrected chi connectivity index (χ3v) is 4.36. The molecule has 1 fully saturated rings.